The third-order valence-corrected chi connectivity index (χ3v) is 3.07. The largest absolute Gasteiger partial charge is 0.492 e. The molecule has 0 heterocycles. The Balaban J connectivity index is 2.43. The number of nitrogens with one attached hydrogen (secondary N) is 2. The highest BCUT2D eigenvalue weighted by Crippen LogP contribution is 2.15. The molecule has 1 amide bonds. The molecule has 0 aliphatic heterocycles. The SMILES string of the molecule is CCNC(=NCC(=O)N(C)C)NCCOc1cc(C)cc(C)c1. The number of benzene rings is 1. The van der Waals surface area contributed by atoms with Gasteiger partial charge in [0.25, 0.3) is 0 Å². The summed E-state index contributed by atoms with van der Waals surface area (Å²) in [7, 11) is 3.44. The maximum absolute atomic E-state index is 11.6. The monoisotopic (exact) mass is 320 g/mol. The summed E-state index contributed by atoms with van der Waals surface area (Å²) in [5.41, 5.74) is 2.37. The number of nitrogens with zero attached hydrogens (tertiary/aromatic N) is 2. The number of rotatable bonds is 7. The van der Waals surface area contributed by atoms with E-state index in [1.807, 2.05) is 19.1 Å². The molecule has 0 aromatic heterocycles. The Bertz CT molecular complexity index is 521. The van der Waals surface area contributed by atoms with Crippen LogP contribution in [0, 0.1) is 13.8 Å². The van der Waals surface area contributed by atoms with E-state index in [1.54, 1.807) is 14.1 Å². The number of likely N-dealkylation sites (N-methyl/N-ethyl adjacent to an activating group) is 1. The van der Waals surface area contributed by atoms with E-state index in [0.717, 1.165) is 12.3 Å². The fourth-order valence-electron chi connectivity index (χ4n) is 1.98. The van der Waals surface area contributed by atoms with Crippen molar-refractivity contribution in [2.24, 2.45) is 4.99 Å². The van der Waals surface area contributed by atoms with Crippen LogP contribution in [0.1, 0.15) is 18.1 Å². The normalized spacial score (nSPS) is 11.1. The highest BCUT2D eigenvalue weighted by molar-refractivity contribution is 5.84. The van der Waals surface area contributed by atoms with Crippen LogP contribution in [0.5, 0.6) is 5.75 Å². The van der Waals surface area contributed by atoms with E-state index in [-0.39, 0.29) is 12.5 Å². The lowest BCUT2D eigenvalue weighted by Crippen LogP contribution is -2.40. The minimum Gasteiger partial charge on any atom is -0.492 e. The molecule has 0 fully saturated rings. The maximum Gasteiger partial charge on any atom is 0.243 e. The van der Waals surface area contributed by atoms with Gasteiger partial charge in [-0.25, -0.2) is 4.99 Å². The molecular weight excluding hydrogens is 292 g/mol. The molecule has 0 bridgehead atoms. The summed E-state index contributed by atoms with van der Waals surface area (Å²) in [4.78, 5) is 17.3. The number of aliphatic imine (C=N–C) groups is 1. The zero-order valence-electron chi connectivity index (χ0n) is 14.8. The van der Waals surface area contributed by atoms with E-state index in [2.05, 4.69) is 35.5 Å². The average Bonchev–Trinajstić information content (AvgIpc) is 2.47. The number of aryl methyl sites for hydroxylation is 2. The van der Waals surface area contributed by atoms with E-state index >= 15 is 0 Å². The van der Waals surface area contributed by atoms with Crippen LogP contribution in [0.4, 0.5) is 0 Å². The predicted molar refractivity (Wildman–Crippen MR) is 94.1 cm³/mol. The van der Waals surface area contributed by atoms with E-state index in [0.29, 0.717) is 19.1 Å². The van der Waals surface area contributed by atoms with Gasteiger partial charge in [-0.1, -0.05) is 6.07 Å². The van der Waals surface area contributed by atoms with Crippen LogP contribution in [0.3, 0.4) is 0 Å². The van der Waals surface area contributed by atoms with Crippen LogP contribution in [-0.2, 0) is 4.79 Å². The summed E-state index contributed by atoms with van der Waals surface area (Å²) in [6.07, 6.45) is 0. The van der Waals surface area contributed by atoms with Crippen molar-refractivity contribution >= 4 is 11.9 Å². The van der Waals surface area contributed by atoms with Crippen molar-refractivity contribution < 1.29 is 9.53 Å². The minimum atomic E-state index is -0.0336. The number of amides is 1. The number of hydrogen-bond donors (Lipinski definition) is 2. The molecule has 0 saturated heterocycles. The van der Waals surface area contributed by atoms with Crippen molar-refractivity contribution in [1.82, 2.24) is 15.5 Å². The summed E-state index contributed by atoms with van der Waals surface area (Å²) < 4.78 is 5.74. The Kier molecular flexibility index (Phi) is 7.94. The Morgan fingerprint density at radius 1 is 1.17 bits per heavy atom. The highest BCUT2D eigenvalue weighted by Gasteiger charge is 2.04. The number of guanidine groups is 1. The van der Waals surface area contributed by atoms with Gasteiger partial charge in [0.2, 0.25) is 5.91 Å². The maximum atomic E-state index is 11.6. The Hall–Kier alpha value is -2.24. The van der Waals surface area contributed by atoms with Crippen LogP contribution in [0.25, 0.3) is 0 Å². The van der Waals surface area contributed by atoms with Gasteiger partial charge in [0.05, 0.1) is 6.54 Å². The third-order valence-electron chi connectivity index (χ3n) is 3.07. The number of hydrogen-bond acceptors (Lipinski definition) is 3. The predicted octanol–water partition coefficient (Wildman–Crippen LogP) is 1.33. The second kappa shape index (κ2) is 9.71. The lowest BCUT2D eigenvalue weighted by molar-refractivity contribution is -0.127. The lowest BCUT2D eigenvalue weighted by atomic mass is 10.1. The van der Waals surface area contributed by atoms with E-state index < -0.39 is 0 Å². The zero-order chi connectivity index (χ0) is 17.2. The number of carbonyl (C=O) groups is 1. The highest BCUT2D eigenvalue weighted by atomic mass is 16.5. The Labute approximate surface area is 138 Å². The van der Waals surface area contributed by atoms with Crippen molar-refractivity contribution in [3.8, 4) is 5.75 Å². The van der Waals surface area contributed by atoms with E-state index in [9.17, 15) is 4.79 Å². The van der Waals surface area contributed by atoms with Crippen LogP contribution in [0.15, 0.2) is 23.2 Å². The van der Waals surface area contributed by atoms with E-state index in [4.69, 9.17) is 4.74 Å². The molecule has 128 valence electrons. The van der Waals surface area contributed by atoms with Crippen molar-refractivity contribution in [1.29, 1.82) is 0 Å². The van der Waals surface area contributed by atoms with Gasteiger partial charge in [0.1, 0.15) is 18.9 Å². The average molecular weight is 320 g/mol. The standard InChI is InChI=1S/C17H28N4O2/c1-6-18-17(20-12-16(22)21(4)5)19-7-8-23-15-10-13(2)9-14(3)11-15/h9-11H,6-8,12H2,1-5H3,(H2,18,19,20). The molecule has 6 heteroatoms. The van der Waals surface area contributed by atoms with Gasteiger partial charge in [-0.05, 0) is 44.0 Å². The second-order valence-corrected chi connectivity index (χ2v) is 5.58. The summed E-state index contributed by atoms with van der Waals surface area (Å²) in [6, 6.07) is 6.15. The molecule has 1 aromatic rings. The Morgan fingerprint density at radius 3 is 2.39 bits per heavy atom. The molecule has 6 nitrogen and oxygen atoms in total. The first-order valence-corrected chi connectivity index (χ1v) is 7.85. The van der Waals surface area contributed by atoms with Crippen LogP contribution >= 0.6 is 0 Å². The molecule has 23 heavy (non-hydrogen) atoms. The number of carbonyl (C=O) groups excluding carboxylic acids is 1. The van der Waals surface area contributed by atoms with Crippen molar-refractivity contribution in [2.45, 2.75) is 20.8 Å². The van der Waals surface area contributed by atoms with Crippen molar-refractivity contribution in [3.05, 3.63) is 29.3 Å². The van der Waals surface area contributed by atoms with E-state index in [1.165, 1.54) is 16.0 Å². The van der Waals surface area contributed by atoms with Gasteiger partial charge in [0.15, 0.2) is 5.96 Å². The smallest absolute Gasteiger partial charge is 0.243 e. The summed E-state index contributed by atoms with van der Waals surface area (Å²) in [5, 5.41) is 6.26. The molecule has 0 radical (unpaired) electrons. The molecule has 0 aliphatic rings. The topological polar surface area (TPSA) is 66.0 Å². The van der Waals surface area contributed by atoms with Gasteiger partial charge in [-0.2, -0.15) is 0 Å². The first-order chi connectivity index (χ1) is 10.9. The minimum absolute atomic E-state index is 0.0336. The summed E-state index contributed by atoms with van der Waals surface area (Å²) in [6.45, 7) is 8.08. The van der Waals surface area contributed by atoms with Gasteiger partial charge >= 0.3 is 0 Å². The Morgan fingerprint density at radius 2 is 1.83 bits per heavy atom. The first kappa shape index (κ1) is 18.8. The lowest BCUT2D eigenvalue weighted by Gasteiger charge is -2.13. The molecule has 0 atom stereocenters. The first-order valence-electron chi connectivity index (χ1n) is 7.85. The van der Waals surface area contributed by atoms with Gasteiger partial charge in [-0.3, -0.25) is 4.79 Å². The van der Waals surface area contributed by atoms with Crippen LogP contribution < -0.4 is 15.4 Å². The van der Waals surface area contributed by atoms with Crippen molar-refractivity contribution in [3.63, 3.8) is 0 Å². The van der Waals surface area contributed by atoms with Gasteiger partial charge in [-0.15, -0.1) is 0 Å². The summed E-state index contributed by atoms with van der Waals surface area (Å²) >= 11 is 0. The summed E-state index contributed by atoms with van der Waals surface area (Å²) in [5.74, 6) is 1.45. The molecular formula is C17H28N4O2. The fourth-order valence-corrected chi connectivity index (χ4v) is 1.98. The van der Waals surface area contributed by atoms with Crippen molar-refractivity contribution in [2.75, 3.05) is 40.3 Å². The van der Waals surface area contributed by atoms with Gasteiger partial charge < -0.3 is 20.3 Å². The molecule has 0 aliphatic carbocycles. The third kappa shape index (κ3) is 7.54. The van der Waals surface area contributed by atoms with Gasteiger partial charge in [0, 0.05) is 20.6 Å². The molecule has 1 rings (SSSR count). The second-order valence-electron chi connectivity index (χ2n) is 5.58. The fraction of sp³-hybridized carbons (Fsp3) is 0.529. The molecule has 0 unspecified atom stereocenters. The number of ether oxygens (including phenoxy) is 1. The zero-order valence-corrected chi connectivity index (χ0v) is 14.8. The molecule has 0 saturated carbocycles. The van der Waals surface area contributed by atoms with Crippen LogP contribution in [0.2, 0.25) is 0 Å². The molecule has 2 N–H and O–H groups in total. The quantitative estimate of drug-likeness (QED) is 0.452. The molecule has 1 aromatic carbocycles. The van der Waals surface area contributed by atoms with Crippen LogP contribution in [-0.4, -0.2) is 57.1 Å². The molecule has 0 spiro atoms.